The summed E-state index contributed by atoms with van der Waals surface area (Å²) < 4.78 is 55.4. The van der Waals surface area contributed by atoms with E-state index in [-0.39, 0.29) is 5.41 Å². The van der Waals surface area contributed by atoms with Gasteiger partial charge in [-0.05, 0) is 31.1 Å². The summed E-state index contributed by atoms with van der Waals surface area (Å²) in [5.74, 6) is -9.29. The molecule has 25 heavy (non-hydrogen) atoms. The van der Waals surface area contributed by atoms with Gasteiger partial charge in [0.1, 0.15) is 6.10 Å². The zero-order valence-corrected chi connectivity index (χ0v) is 13.7. The molecule has 2 bridgehead atoms. The molecule has 1 spiro atoms. The predicted molar refractivity (Wildman–Crippen MR) is 77.0 cm³/mol. The lowest BCUT2D eigenvalue weighted by Crippen LogP contribution is -2.74. The number of carbonyl (C=O) groups excluding carboxylic acids is 2. The number of hydrogen-bond donors (Lipinski definition) is 2. The minimum atomic E-state index is -3.72. The van der Waals surface area contributed by atoms with Gasteiger partial charge in [0.05, 0.1) is 12.1 Å². The molecular formula is C16H20F4N2O3. The van der Waals surface area contributed by atoms with Crippen LogP contribution < -0.4 is 5.32 Å². The summed E-state index contributed by atoms with van der Waals surface area (Å²) in [6.45, 7) is 0.830. The Kier molecular flexibility index (Phi) is 3.05. The van der Waals surface area contributed by atoms with Crippen LogP contribution in [0.25, 0.3) is 0 Å². The Bertz CT molecular complexity index is 648. The van der Waals surface area contributed by atoms with Crippen molar-refractivity contribution in [3.63, 3.8) is 0 Å². The number of aliphatic hydroxyl groups is 1. The first kappa shape index (κ1) is 17.1. The number of halogens is 4. The second-order valence-electron chi connectivity index (χ2n) is 8.77. The summed E-state index contributed by atoms with van der Waals surface area (Å²) in [7, 11) is 0. The maximum Gasteiger partial charge on any atom is 0.312 e. The first-order valence-corrected chi connectivity index (χ1v) is 8.40. The molecule has 2 N–H and O–H groups in total. The number of likely N-dealkylation sites (tertiary alicyclic amines) is 1. The van der Waals surface area contributed by atoms with Gasteiger partial charge in [-0.2, -0.15) is 0 Å². The molecule has 5 rings (SSSR count). The number of amides is 2. The number of hydrogen-bond acceptors (Lipinski definition) is 3. The Morgan fingerprint density at radius 3 is 2.16 bits per heavy atom. The first-order chi connectivity index (χ1) is 11.3. The van der Waals surface area contributed by atoms with Gasteiger partial charge in [-0.25, -0.2) is 17.6 Å². The van der Waals surface area contributed by atoms with E-state index in [0.717, 1.165) is 19.3 Å². The summed E-state index contributed by atoms with van der Waals surface area (Å²) >= 11 is 0. The highest BCUT2D eigenvalue weighted by Crippen LogP contribution is 2.66. The third-order valence-electron chi connectivity index (χ3n) is 6.42. The van der Waals surface area contributed by atoms with Gasteiger partial charge < -0.3 is 15.3 Å². The fourth-order valence-electron chi connectivity index (χ4n) is 5.60. The van der Waals surface area contributed by atoms with E-state index in [1.165, 1.54) is 0 Å². The fourth-order valence-corrected chi connectivity index (χ4v) is 5.60. The molecule has 2 amide bonds. The predicted octanol–water partition coefficient (Wildman–Crippen LogP) is 1.44. The summed E-state index contributed by atoms with van der Waals surface area (Å²) in [5.41, 5.74) is -2.39. The van der Waals surface area contributed by atoms with Crippen LogP contribution in [0.3, 0.4) is 0 Å². The van der Waals surface area contributed by atoms with Crippen LogP contribution in [-0.2, 0) is 9.59 Å². The molecule has 9 heteroatoms. The summed E-state index contributed by atoms with van der Waals surface area (Å²) in [6, 6.07) is 0. The zero-order chi connectivity index (χ0) is 18.5. The Labute approximate surface area is 141 Å². The molecule has 140 valence electrons. The molecular weight excluding hydrogens is 344 g/mol. The molecule has 4 saturated carbocycles. The van der Waals surface area contributed by atoms with Crippen LogP contribution in [0.1, 0.15) is 45.4 Å². The molecule has 0 aromatic carbocycles. The lowest BCUT2D eigenvalue weighted by molar-refractivity contribution is -0.167. The molecule has 0 radical (unpaired) electrons. The molecule has 5 fully saturated rings. The number of alkyl halides is 4. The molecule has 1 heterocycles. The van der Waals surface area contributed by atoms with Crippen LogP contribution in [0.15, 0.2) is 0 Å². The fraction of sp³-hybridized carbons (Fsp3) is 0.875. The van der Waals surface area contributed by atoms with E-state index in [0.29, 0.717) is 4.90 Å². The van der Waals surface area contributed by atoms with Crippen LogP contribution in [0.4, 0.5) is 17.6 Å². The van der Waals surface area contributed by atoms with Crippen molar-refractivity contribution in [1.29, 1.82) is 0 Å². The molecule has 0 aromatic heterocycles. The Morgan fingerprint density at radius 1 is 1.08 bits per heavy atom. The van der Waals surface area contributed by atoms with Gasteiger partial charge >= 0.3 is 11.8 Å². The molecule has 5 nitrogen and oxygen atoms in total. The van der Waals surface area contributed by atoms with Crippen molar-refractivity contribution in [2.45, 2.75) is 74.5 Å². The molecule has 4 aliphatic carbocycles. The lowest BCUT2D eigenvalue weighted by atomic mass is 9.40. The standard InChI is InChI=1S/C16H20F4N2O3/c1-12-4-13(5-12,6-12)21-9(23)10(24)22-8-16(19,20)11(25)14(22)2-3-15(17,18)7-14/h11,25H,2-8H2,1H3,(H,21,23)/t11-,12?,13?,14+/m0/s1. The third kappa shape index (κ3) is 2.23. The van der Waals surface area contributed by atoms with Crippen molar-refractivity contribution in [3.05, 3.63) is 0 Å². The summed E-state index contributed by atoms with van der Waals surface area (Å²) in [6.07, 6.45) is -2.45. The Balaban J connectivity index is 1.55. The number of carbonyl (C=O) groups is 2. The minimum absolute atomic E-state index is 0.169. The largest absolute Gasteiger partial charge is 0.384 e. The van der Waals surface area contributed by atoms with Crippen LogP contribution in [0, 0.1) is 5.41 Å². The monoisotopic (exact) mass is 364 g/mol. The molecule has 1 saturated heterocycles. The van der Waals surface area contributed by atoms with Crippen molar-refractivity contribution in [3.8, 4) is 0 Å². The van der Waals surface area contributed by atoms with E-state index in [1.807, 2.05) is 0 Å². The smallest absolute Gasteiger partial charge is 0.312 e. The number of aliphatic hydroxyl groups excluding tert-OH is 1. The first-order valence-electron chi connectivity index (χ1n) is 8.40. The molecule has 2 atom stereocenters. The highest BCUT2D eigenvalue weighted by atomic mass is 19.3. The highest BCUT2D eigenvalue weighted by Gasteiger charge is 2.70. The van der Waals surface area contributed by atoms with Crippen molar-refractivity contribution >= 4 is 11.8 Å². The van der Waals surface area contributed by atoms with Crippen molar-refractivity contribution in [2.24, 2.45) is 5.41 Å². The van der Waals surface area contributed by atoms with E-state index in [2.05, 4.69) is 12.2 Å². The number of nitrogens with one attached hydrogen (secondary N) is 1. The highest BCUT2D eigenvalue weighted by molar-refractivity contribution is 6.35. The second kappa shape index (κ2) is 4.47. The van der Waals surface area contributed by atoms with E-state index in [9.17, 15) is 32.3 Å². The van der Waals surface area contributed by atoms with E-state index in [4.69, 9.17) is 0 Å². The normalized spacial score (nSPS) is 45.8. The van der Waals surface area contributed by atoms with Gasteiger partial charge in [0, 0.05) is 18.4 Å². The van der Waals surface area contributed by atoms with Gasteiger partial charge in [-0.15, -0.1) is 0 Å². The second-order valence-corrected chi connectivity index (χ2v) is 8.77. The van der Waals surface area contributed by atoms with Crippen molar-refractivity contribution in [1.82, 2.24) is 10.2 Å². The van der Waals surface area contributed by atoms with Crippen LogP contribution in [-0.4, -0.2) is 57.4 Å². The summed E-state index contributed by atoms with van der Waals surface area (Å²) in [4.78, 5) is 25.2. The minimum Gasteiger partial charge on any atom is -0.384 e. The number of nitrogens with zero attached hydrogens (tertiary/aromatic N) is 1. The average Bonchev–Trinajstić information content (AvgIpc) is 2.85. The Morgan fingerprint density at radius 2 is 1.68 bits per heavy atom. The van der Waals surface area contributed by atoms with Crippen molar-refractivity contribution in [2.75, 3.05) is 6.54 Å². The average molecular weight is 364 g/mol. The summed E-state index contributed by atoms with van der Waals surface area (Å²) in [5, 5.41) is 12.5. The van der Waals surface area contributed by atoms with Gasteiger partial charge in [-0.3, -0.25) is 9.59 Å². The van der Waals surface area contributed by atoms with E-state index < -0.39 is 66.6 Å². The van der Waals surface area contributed by atoms with Crippen LogP contribution >= 0.6 is 0 Å². The van der Waals surface area contributed by atoms with Gasteiger partial charge in [-0.1, -0.05) is 6.92 Å². The molecule has 5 aliphatic rings. The van der Waals surface area contributed by atoms with Crippen LogP contribution in [0.5, 0.6) is 0 Å². The maximum atomic E-state index is 14.0. The number of rotatable bonds is 1. The Hall–Kier alpha value is -1.38. The van der Waals surface area contributed by atoms with Gasteiger partial charge in [0.2, 0.25) is 0 Å². The molecule has 0 aromatic rings. The van der Waals surface area contributed by atoms with Gasteiger partial charge in [0.15, 0.2) is 0 Å². The van der Waals surface area contributed by atoms with E-state index in [1.54, 1.807) is 0 Å². The molecule has 1 aliphatic heterocycles. The SMILES string of the molecule is CC12CC(NC(=O)C(=O)N3CC(F)(F)[C@@H](O)[C@]34CCC(F)(F)C4)(C1)C2. The van der Waals surface area contributed by atoms with E-state index >= 15 is 0 Å². The van der Waals surface area contributed by atoms with Gasteiger partial charge in [0.25, 0.3) is 11.8 Å². The van der Waals surface area contributed by atoms with Crippen molar-refractivity contribution < 1.29 is 32.3 Å². The quantitative estimate of drug-likeness (QED) is 0.547. The maximum absolute atomic E-state index is 14.0. The lowest BCUT2D eigenvalue weighted by Gasteiger charge is -2.69. The third-order valence-corrected chi connectivity index (χ3v) is 6.42. The topological polar surface area (TPSA) is 69.6 Å². The zero-order valence-electron chi connectivity index (χ0n) is 13.7. The van der Waals surface area contributed by atoms with Crippen LogP contribution in [0.2, 0.25) is 0 Å². The molecule has 0 unspecified atom stereocenters.